The van der Waals surface area contributed by atoms with Crippen molar-refractivity contribution >= 4 is 5.91 Å². The van der Waals surface area contributed by atoms with E-state index < -0.39 is 0 Å². The number of benzene rings is 1. The Kier molecular flexibility index (Phi) is 5.15. The number of methoxy groups -OCH3 is 1. The fourth-order valence-electron chi connectivity index (χ4n) is 2.90. The summed E-state index contributed by atoms with van der Waals surface area (Å²) in [6.45, 7) is 5.89. The quantitative estimate of drug-likeness (QED) is 0.838. The number of rotatable bonds is 5. The van der Waals surface area contributed by atoms with Gasteiger partial charge in [-0.3, -0.25) is 9.69 Å². The summed E-state index contributed by atoms with van der Waals surface area (Å²) in [7, 11) is 1.64. The number of carbonyl (C=O) groups is 1. The van der Waals surface area contributed by atoms with E-state index in [-0.39, 0.29) is 5.91 Å². The maximum absolute atomic E-state index is 12.4. The summed E-state index contributed by atoms with van der Waals surface area (Å²) in [6, 6.07) is 9.62. The molecule has 1 aliphatic heterocycles. The summed E-state index contributed by atoms with van der Waals surface area (Å²) in [5, 5.41) is 3.91. The van der Waals surface area contributed by atoms with E-state index in [9.17, 15) is 4.79 Å². The van der Waals surface area contributed by atoms with Crippen LogP contribution in [0.1, 0.15) is 17.0 Å². The third-order valence-electron chi connectivity index (χ3n) is 4.30. The normalized spacial score (nSPS) is 15.5. The van der Waals surface area contributed by atoms with Crippen LogP contribution in [0, 0.1) is 6.92 Å². The van der Waals surface area contributed by atoms with Gasteiger partial charge < -0.3 is 14.2 Å². The van der Waals surface area contributed by atoms with E-state index in [4.69, 9.17) is 9.26 Å². The minimum atomic E-state index is 0.176. The molecule has 6 nitrogen and oxygen atoms in total. The van der Waals surface area contributed by atoms with Crippen LogP contribution in [-0.4, -0.2) is 54.2 Å². The fourth-order valence-corrected chi connectivity index (χ4v) is 2.90. The lowest BCUT2D eigenvalue weighted by Gasteiger charge is -2.34. The molecule has 0 aliphatic carbocycles. The Bertz CT molecular complexity index is 673. The van der Waals surface area contributed by atoms with Gasteiger partial charge in [-0.2, -0.15) is 0 Å². The third kappa shape index (κ3) is 4.14. The maximum atomic E-state index is 12.4. The highest BCUT2D eigenvalue weighted by Gasteiger charge is 2.22. The average Bonchev–Trinajstić information content (AvgIpc) is 3.01. The topological polar surface area (TPSA) is 58.8 Å². The molecule has 0 atom stereocenters. The van der Waals surface area contributed by atoms with Gasteiger partial charge in [0.2, 0.25) is 5.91 Å². The Morgan fingerprint density at radius 3 is 2.50 bits per heavy atom. The molecule has 6 heteroatoms. The molecule has 0 bridgehead atoms. The van der Waals surface area contributed by atoms with Crippen LogP contribution in [-0.2, 0) is 17.8 Å². The van der Waals surface area contributed by atoms with Gasteiger partial charge in [0.25, 0.3) is 0 Å². The van der Waals surface area contributed by atoms with Crippen LogP contribution < -0.4 is 4.74 Å². The van der Waals surface area contributed by atoms with Crippen molar-refractivity contribution in [2.45, 2.75) is 19.9 Å². The first-order chi connectivity index (χ1) is 11.6. The van der Waals surface area contributed by atoms with Gasteiger partial charge in [-0.25, -0.2) is 0 Å². The molecule has 1 amide bonds. The van der Waals surface area contributed by atoms with Crippen molar-refractivity contribution in [3.05, 3.63) is 47.3 Å². The lowest BCUT2D eigenvalue weighted by atomic mass is 10.1. The van der Waals surface area contributed by atoms with Gasteiger partial charge >= 0.3 is 0 Å². The molecule has 1 aliphatic rings. The van der Waals surface area contributed by atoms with Gasteiger partial charge in [0, 0.05) is 32.2 Å². The molecule has 128 valence electrons. The molecule has 0 N–H and O–H groups in total. The Labute approximate surface area is 142 Å². The van der Waals surface area contributed by atoms with E-state index in [1.165, 1.54) is 0 Å². The van der Waals surface area contributed by atoms with E-state index in [0.717, 1.165) is 55.5 Å². The number of hydrogen-bond acceptors (Lipinski definition) is 5. The summed E-state index contributed by atoms with van der Waals surface area (Å²) in [5.74, 6) is 1.86. The predicted molar refractivity (Wildman–Crippen MR) is 89.8 cm³/mol. The number of nitrogens with zero attached hydrogens (tertiary/aromatic N) is 3. The first-order valence-corrected chi connectivity index (χ1v) is 8.19. The van der Waals surface area contributed by atoms with E-state index >= 15 is 0 Å². The molecule has 2 heterocycles. The van der Waals surface area contributed by atoms with Crippen LogP contribution in [0.2, 0.25) is 0 Å². The van der Waals surface area contributed by atoms with E-state index in [2.05, 4.69) is 10.1 Å². The zero-order valence-electron chi connectivity index (χ0n) is 14.2. The van der Waals surface area contributed by atoms with Crippen LogP contribution in [0.4, 0.5) is 0 Å². The van der Waals surface area contributed by atoms with Crippen molar-refractivity contribution < 1.29 is 14.1 Å². The predicted octanol–water partition coefficient (Wildman–Crippen LogP) is 1.88. The summed E-state index contributed by atoms with van der Waals surface area (Å²) in [4.78, 5) is 16.7. The van der Waals surface area contributed by atoms with Gasteiger partial charge in [-0.15, -0.1) is 0 Å². The molecular formula is C18H23N3O3. The minimum absolute atomic E-state index is 0.176. The number of ether oxygens (including phenoxy) is 1. The van der Waals surface area contributed by atoms with Gasteiger partial charge in [-0.1, -0.05) is 17.3 Å². The second kappa shape index (κ2) is 7.49. The summed E-state index contributed by atoms with van der Waals surface area (Å²) in [6.07, 6.45) is 0.436. The smallest absolute Gasteiger partial charge is 0.227 e. The van der Waals surface area contributed by atoms with Crippen molar-refractivity contribution in [3.63, 3.8) is 0 Å². The average molecular weight is 329 g/mol. The summed E-state index contributed by atoms with van der Waals surface area (Å²) in [5.41, 5.74) is 1.92. The van der Waals surface area contributed by atoms with Crippen LogP contribution in [0.5, 0.6) is 5.75 Å². The van der Waals surface area contributed by atoms with Crippen molar-refractivity contribution in [1.29, 1.82) is 0 Å². The Morgan fingerprint density at radius 1 is 1.21 bits per heavy atom. The summed E-state index contributed by atoms with van der Waals surface area (Å²) < 4.78 is 10.4. The highest BCUT2D eigenvalue weighted by atomic mass is 16.5. The number of hydrogen-bond donors (Lipinski definition) is 0. The molecular weight excluding hydrogens is 306 g/mol. The van der Waals surface area contributed by atoms with Gasteiger partial charge in [0.15, 0.2) is 5.76 Å². The minimum Gasteiger partial charge on any atom is -0.497 e. The van der Waals surface area contributed by atoms with E-state index in [0.29, 0.717) is 6.42 Å². The summed E-state index contributed by atoms with van der Waals surface area (Å²) >= 11 is 0. The molecule has 2 aromatic rings. The van der Waals surface area contributed by atoms with Crippen molar-refractivity contribution in [2.24, 2.45) is 0 Å². The number of aryl methyl sites for hydroxylation is 1. The molecule has 0 unspecified atom stereocenters. The van der Waals surface area contributed by atoms with Gasteiger partial charge in [-0.05, 0) is 24.6 Å². The molecule has 0 spiro atoms. The van der Waals surface area contributed by atoms with Crippen LogP contribution in [0.25, 0.3) is 0 Å². The Hall–Kier alpha value is -2.34. The lowest BCUT2D eigenvalue weighted by molar-refractivity contribution is -0.132. The highest BCUT2D eigenvalue weighted by molar-refractivity contribution is 5.78. The monoisotopic (exact) mass is 329 g/mol. The second-order valence-corrected chi connectivity index (χ2v) is 6.12. The van der Waals surface area contributed by atoms with Crippen molar-refractivity contribution in [3.8, 4) is 5.75 Å². The zero-order valence-corrected chi connectivity index (χ0v) is 14.2. The molecule has 0 radical (unpaired) electrons. The molecule has 1 fully saturated rings. The molecule has 1 saturated heterocycles. The fraction of sp³-hybridized carbons (Fsp3) is 0.444. The van der Waals surface area contributed by atoms with E-state index in [1.54, 1.807) is 7.11 Å². The number of amides is 1. The van der Waals surface area contributed by atoms with Crippen molar-refractivity contribution in [1.82, 2.24) is 15.0 Å². The largest absolute Gasteiger partial charge is 0.497 e. The Balaban J connectivity index is 1.47. The standard InChI is InChI=1S/C18H23N3O3/c1-14-11-17(24-19-14)13-20-7-9-21(10-8-20)18(22)12-15-3-5-16(23-2)6-4-15/h3-6,11H,7-10,12-13H2,1-2H3. The first-order valence-electron chi connectivity index (χ1n) is 8.19. The number of piperazine rings is 1. The molecule has 1 aromatic heterocycles. The molecule has 1 aromatic carbocycles. The maximum Gasteiger partial charge on any atom is 0.227 e. The molecule has 3 rings (SSSR count). The van der Waals surface area contributed by atoms with Crippen molar-refractivity contribution in [2.75, 3.05) is 33.3 Å². The highest BCUT2D eigenvalue weighted by Crippen LogP contribution is 2.14. The van der Waals surface area contributed by atoms with Crippen LogP contribution in [0.15, 0.2) is 34.9 Å². The zero-order chi connectivity index (χ0) is 16.9. The molecule has 0 saturated carbocycles. The molecule has 24 heavy (non-hydrogen) atoms. The van der Waals surface area contributed by atoms with Gasteiger partial charge in [0.1, 0.15) is 5.75 Å². The SMILES string of the molecule is COc1ccc(CC(=O)N2CCN(Cc3cc(C)no3)CC2)cc1. The Morgan fingerprint density at radius 2 is 1.92 bits per heavy atom. The van der Waals surface area contributed by atoms with E-state index in [1.807, 2.05) is 42.2 Å². The lowest BCUT2D eigenvalue weighted by Crippen LogP contribution is -2.48. The van der Waals surface area contributed by atoms with Gasteiger partial charge in [0.05, 0.1) is 25.8 Å². The third-order valence-corrected chi connectivity index (χ3v) is 4.30. The van der Waals surface area contributed by atoms with Crippen LogP contribution >= 0.6 is 0 Å². The van der Waals surface area contributed by atoms with Crippen LogP contribution in [0.3, 0.4) is 0 Å². The second-order valence-electron chi connectivity index (χ2n) is 6.12. The number of carbonyl (C=O) groups excluding carboxylic acids is 1. The number of aromatic nitrogens is 1. The first kappa shape index (κ1) is 16.5.